The molecule has 1 aliphatic heterocycles. The summed E-state index contributed by atoms with van der Waals surface area (Å²) in [6.07, 6.45) is 2.30. The van der Waals surface area contributed by atoms with Gasteiger partial charge in [-0.05, 0) is 42.4 Å². The van der Waals surface area contributed by atoms with Gasteiger partial charge >= 0.3 is 0 Å². The molecule has 1 N–H and O–H groups in total. The molecule has 116 valence electrons. The van der Waals surface area contributed by atoms with Crippen LogP contribution in [0, 0.1) is 0 Å². The van der Waals surface area contributed by atoms with E-state index in [0.717, 1.165) is 35.6 Å². The van der Waals surface area contributed by atoms with Crippen LogP contribution in [-0.2, 0) is 11.2 Å². The molecule has 2 aromatic carbocycles. The molecule has 0 aromatic heterocycles. The lowest BCUT2D eigenvalue weighted by Crippen LogP contribution is -2.18. The van der Waals surface area contributed by atoms with Crippen LogP contribution in [0.2, 0.25) is 0 Å². The number of hydrogen-bond acceptors (Lipinski definition) is 3. The minimum absolute atomic E-state index is 0.0937. The van der Waals surface area contributed by atoms with Gasteiger partial charge in [-0.15, -0.1) is 0 Å². The molecule has 3 nitrogen and oxygen atoms in total. The standard InChI is InChI=1S/C12H15NO2S.C6H6/c14-12-5-2-9-8-10(15-6-1-7-16)3-4-11(9)13-12;1-2-4-6-5-3-1/h3-4,8,16H,1-2,5-7H2,(H,13,14);1-6H. The molecule has 4 heteroatoms. The summed E-state index contributed by atoms with van der Waals surface area (Å²) in [5, 5.41) is 2.85. The second-order valence-electron chi connectivity index (χ2n) is 4.95. The molecule has 0 atom stereocenters. The Kier molecular flexibility index (Phi) is 6.84. The summed E-state index contributed by atoms with van der Waals surface area (Å²) in [6, 6.07) is 17.8. The number of thiol groups is 1. The van der Waals surface area contributed by atoms with Crippen molar-refractivity contribution in [2.45, 2.75) is 19.3 Å². The van der Waals surface area contributed by atoms with Crippen LogP contribution in [0.4, 0.5) is 5.69 Å². The van der Waals surface area contributed by atoms with Gasteiger partial charge in [-0.3, -0.25) is 4.79 Å². The van der Waals surface area contributed by atoms with Crippen LogP contribution in [0.15, 0.2) is 54.6 Å². The highest BCUT2D eigenvalue weighted by atomic mass is 32.1. The first kappa shape index (κ1) is 16.4. The fraction of sp³-hybridized carbons (Fsp3) is 0.278. The number of hydrogen-bond donors (Lipinski definition) is 2. The first-order valence-corrected chi connectivity index (χ1v) is 8.09. The molecule has 1 aliphatic rings. The Balaban J connectivity index is 0.000000246. The number of aryl methyl sites for hydroxylation is 1. The highest BCUT2D eigenvalue weighted by Gasteiger charge is 2.14. The third-order valence-corrected chi connectivity index (χ3v) is 3.53. The molecular weight excluding hydrogens is 294 g/mol. The fourth-order valence-electron chi connectivity index (χ4n) is 2.09. The Hall–Kier alpha value is -1.94. The highest BCUT2D eigenvalue weighted by molar-refractivity contribution is 7.80. The van der Waals surface area contributed by atoms with Crippen molar-refractivity contribution in [3.05, 3.63) is 60.2 Å². The fourth-order valence-corrected chi connectivity index (χ4v) is 2.22. The van der Waals surface area contributed by atoms with Crippen molar-refractivity contribution in [2.24, 2.45) is 0 Å². The van der Waals surface area contributed by atoms with E-state index in [1.807, 2.05) is 54.6 Å². The number of fused-ring (bicyclic) bond motifs is 1. The Morgan fingerprint density at radius 3 is 2.36 bits per heavy atom. The number of carbonyl (C=O) groups excluding carboxylic acids is 1. The van der Waals surface area contributed by atoms with Gasteiger partial charge in [-0.1, -0.05) is 36.4 Å². The summed E-state index contributed by atoms with van der Waals surface area (Å²) >= 11 is 4.13. The molecule has 22 heavy (non-hydrogen) atoms. The lowest BCUT2D eigenvalue weighted by molar-refractivity contribution is -0.116. The summed E-state index contributed by atoms with van der Waals surface area (Å²) in [5.41, 5.74) is 2.07. The maximum absolute atomic E-state index is 11.2. The Morgan fingerprint density at radius 2 is 1.73 bits per heavy atom. The maximum atomic E-state index is 11.2. The topological polar surface area (TPSA) is 38.3 Å². The minimum Gasteiger partial charge on any atom is -0.494 e. The molecule has 1 heterocycles. The Labute approximate surface area is 137 Å². The first-order valence-electron chi connectivity index (χ1n) is 7.46. The molecule has 0 fully saturated rings. The third kappa shape index (κ3) is 5.45. The van der Waals surface area contributed by atoms with Gasteiger partial charge in [0.15, 0.2) is 0 Å². The van der Waals surface area contributed by atoms with Gasteiger partial charge in [0.2, 0.25) is 5.91 Å². The number of amides is 1. The lowest BCUT2D eigenvalue weighted by Gasteiger charge is -2.17. The van der Waals surface area contributed by atoms with Gasteiger partial charge < -0.3 is 10.1 Å². The Bertz CT molecular complexity index is 560. The number of ether oxygens (including phenoxy) is 1. The zero-order chi connectivity index (χ0) is 15.6. The van der Waals surface area contributed by atoms with E-state index < -0.39 is 0 Å². The van der Waals surface area contributed by atoms with Crippen LogP contribution in [-0.4, -0.2) is 18.3 Å². The number of nitrogens with one attached hydrogen (secondary N) is 1. The van der Waals surface area contributed by atoms with Crippen LogP contribution in [0.5, 0.6) is 5.75 Å². The molecule has 0 bridgehead atoms. The molecular formula is C18H21NO2S. The molecule has 0 saturated carbocycles. The number of anilines is 1. The van der Waals surface area contributed by atoms with Crippen molar-refractivity contribution in [3.63, 3.8) is 0 Å². The Morgan fingerprint density at radius 1 is 1.05 bits per heavy atom. The summed E-state index contributed by atoms with van der Waals surface area (Å²) < 4.78 is 5.58. The number of benzene rings is 2. The monoisotopic (exact) mass is 315 g/mol. The molecule has 0 radical (unpaired) electrons. The third-order valence-electron chi connectivity index (χ3n) is 3.21. The van der Waals surface area contributed by atoms with Crippen molar-refractivity contribution >= 4 is 24.2 Å². The van der Waals surface area contributed by atoms with E-state index in [0.29, 0.717) is 13.0 Å². The second kappa shape index (κ2) is 9.15. The largest absolute Gasteiger partial charge is 0.494 e. The SMILES string of the molecule is O=C1CCc2cc(OCCCS)ccc2N1.c1ccccc1. The first-order chi connectivity index (χ1) is 10.8. The molecule has 0 aliphatic carbocycles. The van der Waals surface area contributed by atoms with Crippen LogP contribution in [0.1, 0.15) is 18.4 Å². The molecule has 0 spiro atoms. The van der Waals surface area contributed by atoms with E-state index in [-0.39, 0.29) is 5.91 Å². The van der Waals surface area contributed by atoms with Crippen LogP contribution in [0.3, 0.4) is 0 Å². The van der Waals surface area contributed by atoms with E-state index in [9.17, 15) is 4.79 Å². The summed E-state index contributed by atoms with van der Waals surface area (Å²) in [5.74, 6) is 1.80. The molecule has 0 saturated heterocycles. The van der Waals surface area contributed by atoms with Gasteiger partial charge in [-0.25, -0.2) is 0 Å². The van der Waals surface area contributed by atoms with Gasteiger partial charge in [-0.2, -0.15) is 12.6 Å². The highest BCUT2D eigenvalue weighted by Crippen LogP contribution is 2.26. The van der Waals surface area contributed by atoms with Gasteiger partial charge in [0.05, 0.1) is 6.61 Å². The van der Waals surface area contributed by atoms with E-state index in [1.165, 1.54) is 0 Å². The second-order valence-corrected chi connectivity index (χ2v) is 5.39. The van der Waals surface area contributed by atoms with Crippen molar-refractivity contribution < 1.29 is 9.53 Å². The summed E-state index contributed by atoms with van der Waals surface area (Å²) in [7, 11) is 0. The zero-order valence-electron chi connectivity index (χ0n) is 12.5. The van der Waals surface area contributed by atoms with E-state index in [1.54, 1.807) is 0 Å². The average molecular weight is 315 g/mol. The van der Waals surface area contributed by atoms with Gasteiger partial charge in [0, 0.05) is 12.1 Å². The lowest BCUT2D eigenvalue weighted by atomic mass is 10.0. The van der Waals surface area contributed by atoms with Gasteiger partial charge in [0.1, 0.15) is 5.75 Å². The quantitative estimate of drug-likeness (QED) is 0.662. The van der Waals surface area contributed by atoms with E-state index in [4.69, 9.17) is 4.74 Å². The summed E-state index contributed by atoms with van der Waals surface area (Å²) in [4.78, 5) is 11.2. The average Bonchev–Trinajstić information content (AvgIpc) is 2.57. The van der Waals surface area contributed by atoms with Crippen LogP contribution < -0.4 is 10.1 Å². The number of rotatable bonds is 4. The molecule has 3 rings (SSSR count). The smallest absolute Gasteiger partial charge is 0.224 e. The van der Waals surface area contributed by atoms with E-state index >= 15 is 0 Å². The number of carbonyl (C=O) groups is 1. The van der Waals surface area contributed by atoms with Crippen molar-refractivity contribution in [3.8, 4) is 5.75 Å². The van der Waals surface area contributed by atoms with Crippen molar-refractivity contribution in [2.75, 3.05) is 17.7 Å². The van der Waals surface area contributed by atoms with E-state index in [2.05, 4.69) is 17.9 Å². The van der Waals surface area contributed by atoms with Crippen molar-refractivity contribution in [1.29, 1.82) is 0 Å². The maximum Gasteiger partial charge on any atom is 0.224 e. The summed E-state index contributed by atoms with van der Waals surface area (Å²) in [6.45, 7) is 0.689. The minimum atomic E-state index is 0.0937. The van der Waals surface area contributed by atoms with Gasteiger partial charge in [0.25, 0.3) is 0 Å². The predicted octanol–water partition coefficient (Wildman–Crippen LogP) is 3.96. The predicted molar refractivity (Wildman–Crippen MR) is 93.8 cm³/mol. The van der Waals surface area contributed by atoms with Crippen LogP contribution >= 0.6 is 12.6 Å². The molecule has 0 unspecified atom stereocenters. The zero-order valence-corrected chi connectivity index (χ0v) is 13.4. The normalized spacial score (nSPS) is 12.5. The van der Waals surface area contributed by atoms with Crippen molar-refractivity contribution in [1.82, 2.24) is 0 Å². The molecule has 1 amide bonds. The van der Waals surface area contributed by atoms with Crippen LogP contribution in [0.25, 0.3) is 0 Å². The molecule has 2 aromatic rings.